The second-order valence-corrected chi connectivity index (χ2v) is 4.96. The Morgan fingerprint density at radius 3 is 3.11 bits per heavy atom. The highest BCUT2D eigenvalue weighted by Crippen LogP contribution is 2.20. The predicted molar refractivity (Wildman–Crippen MR) is 73.2 cm³/mol. The van der Waals surface area contributed by atoms with Gasteiger partial charge >= 0.3 is 0 Å². The number of amides is 1. The highest BCUT2D eigenvalue weighted by Gasteiger charge is 2.24. The molecule has 1 aliphatic heterocycles. The number of rotatable bonds is 5. The molecule has 1 aliphatic rings. The lowest BCUT2D eigenvalue weighted by Gasteiger charge is -2.18. The number of nitrogens with one attached hydrogen (secondary N) is 1. The zero-order chi connectivity index (χ0) is 13.7. The molecule has 1 fully saturated rings. The van der Waals surface area contributed by atoms with Gasteiger partial charge < -0.3 is 14.8 Å². The standard InChI is InChI=1S/C14H18ClNO3/c1-18-13(10-4-2-5-11(15)8-10)9-16-14(17)12-6-3-7-19-12/h2,4-5,8,12-13H,3,6-7,9H2,1H3,(H,16,17)/t12-,13-/m1/s1. The Morgan fingerprint density at radius 1 is 1.63 bits per heavy atom. The molecule has 0 saturated carbocycles. The molecule has 1 amide bonds. The average molecular weight is 284 g/mol. The molecule has 2 atom stereocenters. The van der Waals surface area contributed by atoms with Gasteiger partial charge in [0, 0.05) is 25.3 Å². The SMILES string of the molecule is CO[C@H](CNC(=O)[C@H]1CCCO1)c1cccc(Cl)c1. The van der Waals surface area contributed by atoms with Crippen LogP contribution in [-0.4, -0.2) is 32.3 Å². The number of carbonyl (C=O) groups excluding carboxylic acids is 1. The normalized spacial score (nSPS) is 20.2. The molecule has 5 heteroatoms. The minimum atomic E-state index is -0.308. The number of hydrogen-bond donors (Lipinski definition) is 1. The fourth-order valence-corrected chi connectivity index (χ4v) is 2.33. The summed E-state index contributed by atoms with van der Waals surface area (Å²) >= 11 is 5.95. The molecule has 0 spiro atoms. The quantitative estimate of drug-likeness (QED) is 0.902. The van der Waals surface area contributed by atoms with Crippen LogP contribution in [0.4, 0.5) is 0 Å². The average Bonchev–Trinajstić information content (AvgIpc) is 2.93. The summed E-state index contributed by atoms with van der Waals surface area (Å²) in [6, 6.07) is 7.44. The summed E-state index contributed by atoms with van der Waals surface area (Å²) in [4.78, 5) is 11.8. The van der Waals surface area contributed by atoms with Crippen LogP contribution < -0.4 is 5.32 Å². The van der Waals surface area contributed by atoms with Gasteiger partial charge in [0.05, 0.1) is 6.10 Å². The molecule has 1 N–H and O–H groups in total. The summed E-state index contributed by atoms with van der Waals surface area (Å²) in [5, 5.41) is 3.52. The molecule has 0 aliphatic carbocycles. The zero-order valence-corrected chi connectivity index (χ0v) is 11.7. The maximum Gasteiger partial charge on any atom is 0.249 e. The Labute approximate surface area is 118 Å². The number of carbonyl (C=O) groups is 1. The molecule has 1 aromatic rings. The van der Waals surface area contributed by atoms with Crippen molar-refractivity contribution in [3.05, 3.63) is 34.9 Å². The smallest absolute Gasteiger partial charge is 0.249 e. The molecule has 0 radical (unpaired) electrons. The minimum Gasteiger partial charge on any atom is -0.375 e. The molecular weight excluding hydrogens is 266 g/mol. The van der Waals surface area contributed by atoms with E-state index >= 15 is 0 Å². The van der Waals surface area contributed by atoms with E-state index < -0.39 is 0 Å². The monoisotopic (exact) mass is 283 g/mol. The molecule has 4 nitrogen and oxygen atoms in total. The molecule has 1 aromatic carbocycles. The van der Waals surface area contributed by atoms with Crippen molar-refractivity contribution >= 4 is 17.5 Å². The maximum absolute atomic E-state index is 11.8. The second kappa shape index (κ2) is 6.89. The summed E-state index contributed by atoms with van der Waals surface area (Å²) in [5.41, 5.74) is 0.947. The third kappa shape index (κ3) is 3.93. The Kier molecular flexibility index (Phi) is 5.19. The van der Waals surface area contributed by atoms with Crippen molar-refractivity contribution in [1.29, 1.82) is 0 Å². The van der Waals surface area contributed by atoms with E-state index in [4.69, 9.17) is 21.1 Å². The maximum atomic E-state index is 11.8. The minimum absolute atomic E-state index is 0.0680. The Morgan fingerprint density at radius 2 is 2.47 bits per heavy atom. The van der Waals surface area contributed by atoms with Crippen molar-refractivity contribution in [1.82, 2.24) is 5.32 Å². The summed E-state index contributed by atoms with van der Waals surface area (Å²) < 4.78 is 10.7. The van der Waals surface area contributed by atoms with Gasteiger partial charge in [0.15, 0.2) is 0 Å². The largest absolute Gasteiger partial charge is 0.375 e. The van der Waals surface area contributed by atoms with Crippen LogP contribution in [0.2, 0.25) is 5.02 Å². The van der Waals surface area contributed by atoms with E-state index in [9.17, 15) is 4.79 Å². The molecule has 0 unspecified atom stereocenters. The lowest BCUT2D eigenvalue weighted by atomic mass is 10.1. The number of ether oxygens (including phenoxy) is 2. The Hall–Kier alpha value is -1.10. The van der Waals surface area contributed by atoms with E-state index in [0.717, 1.165) is 18.4 Å². The van der Waals surface area contributed by atoms with Gasteiger partial charge in [-0.1, -0.05) is 23.7 Å². The van der Waals surface area contributed by atoms with Gasteiger partial charge in [-0.15, -0.1) is 0 Å². The summed E-state index contributed by atoms with van der Waals surface area (Å²) in [5.74, 6) is -0.0680. The van der Waals surface area contributed by atoms with Crippen molar-refractivity contribution in [2.45, 2.75) is 25.0 Å². The fourth-order valence-electron chi connectivity index (χ4n) is 2.14. The first-order chi connectivity index (χ1) is 9.20. The number of hydrogen-bond acceptors (Lipinski definition) is 3. The molecule has 1 saturated heterocycles. The third-order valence-corrected chi connectivity index (χ3v) is 3.42. The topological polar surface area (TPSA) is 47.6 Å². The van der Waals surface area contributed by atoms with E-state index in [-0.39, 0.29) is 18.1 Å². The van der Waals surface area contributed by atoms with Gasteiger partial charge in [-0.05, 0) is 30.5 Å². The van der Waals surface area contributed by atoms with Gasteiger partial charge in [0.1, 0.15) is 6.10 Å². The van der Waals surface area contributed by atoms with Gasteiger partial charge in [-0.2, -0.15) is 0 Å². The van der Waals surface area contributed by atoms with E-state index in [1.54, 1.807) is 7.11 Å². The summed E-state index contributed by atoms with van der Waals surface area (Å²) in [6.45, 7) is 1.08. The second-order valence-electron chi connectivity index (χ2n) is 4.53. The van der Waals surface area contributed by atoms with Crippen molar-refractivity contribution < 1.29 is 14.3 Å². The molecular formula is C14H18ClNO3. The van der Waals surface area contributed by atoms with Crippen molar-refractivity contribution in [2.75, 3.05) is 20.3 Å². The van der Waals surface area contributed by atoms with Crippen LogP contribution in [0.1, 0.15) is 24.5 Å². The highest BCUT2D eigenvalue weighted by atomic mass is 35.5. The fraction of sp³-hybridized carbons (Fsp3) is 0.500. The Bertz CT molecular complexity index is 432. The van der Waals surface area contributed by atoms with Gasteiger partial charge in [-0.3, -0.25) is 4.79 Å². The molecule has 2 rings (SSSR count). The first-order valence-electron chi connectivity index (χ1n) is 6.38. The predicted octanol–water partition coefficient (Wildman–Crippen LogP) is 2.32. The lowest BCUT2D eigenvalue weighted by Crippen LogP contribution is -2.37. The van der Waals surface area contributed by atoms with E-state index in [1.807, 2.05) is 24.3 Å². The summed E-state index contributed by atoms with van der Waals surface area (Å²) in [7, 11) is 1.61. The zero-order valence-electron chi connectivity index (χ0n) is 10.9. The van der Waals surface area contributed by atoms with Gasteiger partial charge in [-0.25, -0.2) is 0 Å². The van der Waals surface area contributed by atoms with Crippen LogP contribution >= 0.6 is 11.6 Å². The molecule has 0 bridgehead atoms. The molecule has 0 aromatic heterocycles. The van der Waals surface area contributed by atoms with Gasteiger partial charge in [0.2, 0.25) is 5.91 Å². The van der Waals surface area contributed by atoms with Crippen LogP contribution in [0.5, 0.6) is 0 Å². The highest BCUT2D eigenvalue weighted by molar-refractivity contribution is 6.30. The number of halogens is 1. The van der Waals surface area contributed by atoms with Crippen LogP contribution in [0, 0.1) is 0 Å². The van der Waals surface area contributed by atoms with E-state index in [2.05, 4.69) is 5.32 Å². The van der Waals surface area contributed by atoms with Crippen molar-refractivity contribution in [3.63, 3.8) is 0 Å². The van der Waals surface area contributed by atoms with E-state index in [0.29, 0.717) is 18.2 Å². The Balaban J connectivity index is 1.90. The van der Waals surface area contributed by atoms with Crippen LogP contribution in [-0.2, 0) is 14.3 Å². The van der Waals surface area contributed by atoms with Crippen LogP contribution in [0.3, 0.4) is 0 Å². The van der Waals surface area contributed by atoms with Crippen LogP contribution in [0.25, 0.3) is 0 Å². The molecule has 1 heterocycles. The summed E-state index contributed by atoms with van der Waals surface area (Å²) in [6.07, 6.45) is 1.22. The molecule has 104 valence electrons. The molecule has 19 heavy (non-hydrogen) atoms. The van der Waals surface area contributed by atoms with Crippen molar-refractivity contribution in [3.8, 4) is 0 Å². The lowest BCUT2D eigenvalue weighted by molar-refractivity contribution is -0.130. The first kappa shape index (κ1) is 14.3. The van der Waals surface area contributed by atoms with E-state index in [1.165, 1.54) is 0 Å². The number of benzene rings is 1. The number of methoxy groups -OCH3 is 1. The first-order valence-corrected chi connectivity index (χ1v) is 6.76. The van der Waals surface area contributed by atoms with Gasteiger partial charge in [0.25, 0.3) is 0 Å². The van der Waals surface area contributed by atoms with Crippen molar-refractivity contribution in [2.24, 2.45) is 0 Å². The van der Waals surface area contributed by atoms with Crippen LogP contribution in [0.15, 0.2) is 24.3 Å². The third-order valence-electron chi connectivity index (χ3n) is 3.19.